The molecule has 1 atom stereocenters. The van der Waals surface area contributed by atoms with Crippen LogP contribution >= 0.6 is 0 Å². The number of allylic oxidation sites excluding steroid dienone is 4. The first kappa shape index (κ1) is 33.7. The smallest absolute Gasteiger partial charge is 0.161 e. The summed E-state index contributed by atoms with van der Waals surface area (Å²) in [4.78, 5) is 0. The molecule has 8 aromatic rings. The first-order valence-corrected chi connectivity index (χ1v) is 19.0. The lowest BCUT2D eigenvalue weighted by Crippen LogP contribution is -2.41. The number of para-hydroxylation sites is 2. The maximum absolute atomic E-state index is 9.06. The number of rotatable bonds is 8. The van der Waals surface area contributed by atoms with Crippen molar-refractivity contribution in [1.82, 2.24) is 19.8 Å². The third kappa shape index (κ3) is 6.10. The molecular formula is C49H45N5. The van der Waals surface area contributed by atoms with Crippen LogP contribution in [0.1, 0.15) is 51.0 Å². The highest BCUT2D eigenvalue weighted by molar-refractivity contribution is 6.12. The first-order valence-electron chi connectivity index (χ1n) is 19.0. The average Bonchev–Trinajstić information content (AvgIpc) is 3.72. The van der Waals surface area contributed by atoms with Crippen LogP contribution in [0, 0.1) is 10.8 Å². The van der Waals surface area contributed by atoms with Gasteiger partial charge in [0.05, 0.1) is 22.1 Å². The van der Waals surface area contributed by atoms with Crippen molar-refractivity contribution in [3.63, 3.8) is 0 Å². The fraction of sp³-hybridized carbons (Fsp3) is 0.163. The van der Waals surface area contributed by atoms with E-state index in [1.54, 1.807) is 0 Å². The number of amidine groups is 1. The molecule has 6 aromatic carbocycles. The molecule has 0 amide bonds. The van der Waals surface area contributed by atoms with Crippen LogP contribution in [0.3, 0.4) is 0 Å². The molecule has 1 aliphatic rings. The highest BCUT2D eigenvalue weighted by Crippen LogP contribution is 2.40. The van der Waals surface area contributed by atoms with E-state index in [2.05, 4.69) is 162 Å². The lowest BCUT2D eigenvalue weighted by Gasteiger charge is -2.26. The van der Waals surface area contributed by atoms with E-state index in [1.165, 1.54) is 60.5 Å². The van der Waals surface area contributed by atoms with Crippen LogP contribution in [0.4, 0.5) is 0 Å². The number of hydrogen-bond donors (Lipinski definition) is 3. The van der Waals surface area contributed by atoms with Crippen molar-refractivity contribution in [2.24, 2.45) is 5.41 Å². The Labute approximate surface area is 316 Å². The van der Waals surface area contributed by atoms with Crippen molar-refractivity contribution in [3.05, 3.63) is 174 Å². The van der Waals surface area contributed by atoms with Crippen molar-refractivity contribution in [2.45, 2.75) is 46.4 Å². The van der Waals surface area contributed by atoms with E-state index in [0.717, 1.165) is 29.4 Å². The molecule has 0 bridgehead atoms. The van der Waals surface area contributed by atoms with E-state index in [-0.39, 0.29) is 11.7 Å². The molecule has 0 saturated carbocycles. The molecule has 266 valence electrons. The van der Waals surface area contributed by atoms with E-state index >= 15 is 0 Å². The summed E-state index contributed by atoms with van der Waals surface area (Å²) >= 11 is 0. The molecule has 0 saturated heterocycles. The Morgan fingerprint density at radius 1 is 0.611 bits per heavy atom. The topological polar surface area (TPSA) is 57.8 Å². The lowest BCUT2D eigenvalue weighted by molar-refractivity contribution is 0.394. The van der Waals surface area contributed by atoms with Gasteiger partial charge in [0, 0.05) is 39.4 Å². The van der Waals surface area contributed by atoms with E-state index in [4.69, 9.17) is 5.41 Å². The predicted octanol–water partition coefficient (Wildman–Crippen LogP) is 12.0. The molecule has 0 aliphatic heterocycles. The largest absolute Gasteiger partial charge is 0.337 e. The Morgan fingerprint density at radius 3 is 1.83 bits per heavy atom. The zero-order valence-corrected chi connectivity index (χ0v) is 31.1. The first-order chi connectivity index (χ1) is 26.3. The van der Waals surface area contributed by atoms with Crippen LogP contribution in [0.5, 0.6) is 0 Å². The van der Waals surface area contributed by atoms with Crippen molar-refractivity contribution in [1.29, 1.82) is 5.41 Å². The molecule has 9 rings (SSSR count). The Balaban J connectivity index is 1.14. The summed E-state index contributed by atoms with van der Waals surface area (Å²) in [5.41, 5.74) is 12.1. The second-order valence-corrected chi connectivity index (χ2v) is 15.5. The predicted molar refractivity (Wildman–Crippen MR) is 228 cm³/mol. The highest BCUT2D eigenvalue weighted by atomic mass is 15.3. The zero-order valence-electron chi connectivity index (χ0n) is 31.1. The van der Waals surface area contributed by atoms with Crippen LogP contribution in [-0.4, -0.2) is 15.0 Å². The molecular weight excluding hydrogens is 659 g/mol. The number of aromatic nitrogens is 2. The third-order valence-electron chi connectivity index (χ3n) is 11.0. The van der Waals surface area contributed by atoms with Crippen LogP contribution in [-0.2, 0) is 6.54 Å². The van der Waals surface area contributed by atoms with Crippen molar-refractivity contribution in [2.75, 3.05) is 0 Å². The summed E-state index contributed by atoms with van der Waals surface area (Å²) in [5.74, 6) is 0.367. The minimum atomic E-state index is -0.378. The van der Waals surface area contributed by atoms with Gasteiger partial charge in [0.15, 0.2) is 6.29 Å². The van der Waals surface area contributed by atoms with Crippen LogP contribution in [0.15, 0.2) is 163 Å². The zero-order chi connectivity index (χ0) is 36.8. The summed E-state index contributed by atoms with van der Waals surface area (Å²) in [6, 6.07) is 51.5. The van der Waals surface area contributed by atoms with Crippen molar-refractivity contribution < 1.29 is 0 Å². The van der Waals surface area contributed by atoms with Gasteiger partial charge in [-0.2, -0.15) is 0 Å². The Hall–Kier alpha value is -6.17. The highest BCUT2D eigenvalue weighted by Gasteiger charge is 2.23. The van der Waals surface area contributed by atoms with Crippen molar-refractivity contribution in [3.8, 4) is 11.1 Å². The lowest BCUT2D eigenvalue weighted by atomic mass is 9.81. The molecule has 54 heavy (non-hydrogen) atoms. The number of nitrogens with one attached hydrogen (secondary N) is 3. The minimum absolute atomic E-state index is 0.187. The van der Waals surface area contributed by atoms with E-state index in [0.29, 0.717) is 12.4 Å². The summed E-state index contributed by atoms with van der Waals surface area (Å²) in [6.07, 6.45) is 6.42. The summed E-state index contributed by atoms with van der Waals surface area (Å²) < 4.78 is 4.78. The molecule has 0 fully saturated rings. The average molecular weight is 704 g/mol. The minimum Gasteiger partial charge on any atom is -0.337 e. The molecule has 2 heterocycles. The molecule has 0 radical (unpaired) electrons. The molecule has 5 nitrogen and oxygen atoms in total. The Bertz CT molecular complexity index is 2740. The quantitative estimate of drug-likeness (QED) is 0.0838. The molecule has 5 heteroatoms. The Kier molecular flexibility index (Phi) is 8.52. The molecule has 2 aromatic heterocycles. The fourth-order valence-electron chi connectivity index (χ4n) is 8.20. The Morgan fingerprint density at radius 2 is 1.17 bits per heavy atom. The van der Waals surface area contributed by atoms with Gasteiger partial charge in [-0.05, 0) is 77.4 Å². The number of benzene rings is 6. The molecule has 0 spiro atoms. The van der Waals surface area contributed by atoms with Gasteiger partial charge in [-0.15, -0.1) is 0 Å². The number of nitrogens with zero attached hydrogens (tertiary/aromatic N) is 2. The normalized spacial score (nSPS) is 14.1. The summed E-state index contributed by atoms with van der Waals surface area (Å²) in [7, 11) is 0. The van der Waals surface area contributed by atoms with E-state index in [9.17, 15) is 0 Å². The standard InChI is InChI=1S/C49H45N5/c1-49(2,3)37-24-26-38(27-25-37)53-43-20-12-10-18-39(43)41-30-35(22-28-45(41)53)36-23-29-46-42(31-36)40-19-11-13-21-44(40)54(46)48(51-32-33-14-6-4-7-15-33)52-47(50)34-16-8-5-9-17-34/h4-24,26,28-31,48,51H,25,27,32H2,1-3H3,(H2,50,52). The number of hydrogen-bond acceptors (Lipinski definition) is 2. The third-order valence-corrected chi connectivity index (χ3v) is 11.0. The molecule has 1 aliphatic carbocycles. The van der Waals surface area contributed by atoms with Gasteiger partial charge in [0.1, 0.15) is 5.84 Å². The molecule has 3 N–H and O–H groups in total. The van der Waals surface area contributed by atoms with Gasteiger partial charge in [0.2, 0.25) is 0 Å². The van der Waals surface area contributed by atoms with Crippen LogP contribution in [0.25, 0.3) is 60.4 Å². The van der Waals surface area contributed by atoms with Gasteiger partial charge >= 0.3 is 0 Å². The maximum atomic E-state index is 9.06. The van der Waals surface area contributed by atoms with Gasteiger partial charge in [0.25, 0.3) is 0 Å². The monoisotopic (exact) mass is 703 g/mol. The SMILES string of the molecule is CC(C)(C)C1=CC=C(n2c3ccccc3c3cc(-c4ccc5c(c4)c4ccccc4n5C(NCc4ccccc4)NC(=N)c4ccccc4)ccc32)CC1. The summed E-state index contributed by atoms with van der Waals surface area (Å²) in [5, 5.41) is 21.2. The van der Waals surface area contributed by atoms with Gasteiger partial charge in [-0.1, -0.05) is 142 Å². The molecule has 1 unspecified atom stereocenters. The summed E-state index contributed by atoms with van der Waals surface area (Å²) in [6.45, 7) is 7.58. The fourth-order valence-corrected chi connectivity index (χ4v) is 8.20. The number of fused-ring (bicyclic) bond motifs is 6. The van der Waals surface area contributed by atoms with Crippen LogP contribution < -0.4 is 10.6 Å². The maximum Gasteiger partial charge on any atom is 0.161 e. The second kappa shape index (κ2) is 13.7. The van der Waals surface area contributed by atoms with Gasteiger partial charge < -0.3 is 14.5 Å². The van der Waals surface area contributed by atoms with Crippen molar-refractivity contribution >= 4 is 55.1 Å². The van der Waals surface area contributed by atoms with Gasteiger partial charge in [-0.3, -0.25) is 10.7 Å². The van der Waals surface area contributed by atoms with E-state index < -0.39 is 0 Å². The van der Waals surface area contributed by atoms with Gasteiger partial charge in [-0.25, -0.2) is 0 Å². The van der Waals surface area contributed by atoms with Crippen LogP contribution in [0.2, 0.25) is 0 Å². The second-order valence-electron chi connectivity index (χ2n) is 15.5. The van der Waals surface area contributed by atoms with E-state index in [1.807, 2.05) is 36.4 Å².